The number of halogens is 1. The second-order valence-corrected chi connectivity index (χ2v) is 6.17. The van der Waals surface area contributed by atoms with E-state index in [2.05, 4.69) is 81.6 Å². The Bertz CT molecular complexity index is 583. The van der Waals surface area contributed by atoms with Gasteiger partial charge in [-0.25, -0.2) is 0 Å². The molecule has 1 aliphatic heterocycles. The summed E-state index contributed by atoms with van der Waals surface area (Å²) >= 11 is 3.55. The van der Waals surface area contributed by atoms with Crippen LogP contribution in [-0.4, -0.2) is 19.6 Å². The van der Waals surface area contributed by atoms with Crippen LogP contribution < -0.4 is 10.2 Å². The van der Waals surface area contributed by atoms with Crippen LogP contribution in [0.5, 0.6) is 0 Å². The van der Waals surface area contributed by atoms with Crippen molar-refractivity contribution in [2.24, 2.45) is 0 Å². The second-order valence-electron chi connectivity index (χ2n) is 5.25. The number of aryl methyl sites for hydroxylation is 1. The van der Waals surface area contributed by atoms with E-state index in [1.54, 1.807) is 0 Å². The van der Waals surface area contributed by atoms with E-state index in [0.717, 1.165) is 24.1 Å². The monoisotopic (exact) mass is 330 g/mol. The number of hydrogen-bond donors (Lipinski definition) is 1. The summed E-state index contributed by atoms with van der Waals surface area (Å²) in [7, 11) is 0. The van der Waals surface area contributed by atoms with Crippen molar-refractivity contribution in [2.45, 2.75) is 13.0 Å². The molecule has 1 saturated heterocycles. The summed E-state index contributed by atoms with van der Waals surface area (Å²) < 4.78 is 1.14. The van der Waals surface area contributed by atoms with Crippen molar-refractivity contribution in [3.63, 3.8) is 0 Å². The standard InChI is InChI=1S/C17H19BrN2/c1-13-11-15(18)7-8-16(13)20-10-9-19-12-17(20)14-5-3-2-4-6-14/h2-8,11,17,19H,9-10,12H2,1H3. The van der Waals surface area contributed by atoms with Crippen molar-refractivity contribution in [2.75, 3.05) is 24.5 Å². The van der Waals surface area contributed by atoms with Crippen LogP contribution in [0.4, 0.5) is 5.69 Å². The van der Waals surface area contributed by atoms with Gasteiger partial charge in [-0.15, -0.1) is 0 Å². The maximum Gasteiger partial charge on any atom is 0.0667 e. The number of anilines is 1. The highest BCUT2D eigenvalue weighted by Crippen LogP contribution is 2.32. The van der Waals surface area contributed by atoms with E-state index in [1.807, 2.05) is 0 Å². The molecule has 1 aliphatic rings. The molecule has 0 amide bonds. The van der Waals surface area contributed by atoms with E-state index in [9.17, 15) is 0 Å². The number of piperazine rings is 1. The lowest BCUT2D eigenvalue weighted by Crippen LogP contribution is -2.46. The normalized spacial score (nSPS) is 19.1. The Hall–Kier alpha value is -1.32. The summed E-state index contributed by atoms with van der Waals surface area (Å²) in [6, 6.07) is 17.7. The minimum absolute atomic E-state index is 0.407. The van der Waals surface area contributed by atoms with Crippen LogP contribution >= 0.6 is 15.9 Å². The lowest BCUT2D eigenvalue weighted by Gasteiger charge is -2.39. The fourth-order valence-electron chi connectivity index (χ4n) is 2.91. The zero-order valence-corrected chi connectivity index (χ0v) is 13.2. The molecule has 0 spiro atoms. The molecule has 2 nitrogen and oxygen atoms in total. The van der Waals surface area contributed by atoms with Gasteiger partial charge in [-0.3, -0.25) is 0 Å². The third kappa shape index (κ3) is 2.74. The molecule has 1 heterocycles. The fraction of sp³-hybridized carbons (Fsp3) is 0.294. The van der Waals surface area contributed by atoms with Gasteiger partial charge in [0.1, 0.15) is 0 Å². The molecule has 0 saturated carbocycles. The smallest absolute Gasteiger partial charge is 0.0667 e. The molecule has 0 bridgehead atoms. The van der Waals surface area contributed by atoms with Crippen molar-refractivity contribution in [3.8, 4) is 0 Å². The highest BCUT2D eigenvalue weighted by atomic mass is 79.9. The Morgan fingerprint density at radius 1 is 1.15 bits per heavy atom. The van der Waals surface area contributed by atoms with Gasteiger partial charge in [0.15, 0.2) is 0 Å². The molecule has 0 aromatic heterocycles. The number of benzene rings is 2. The highest BCUT2D eigenvalue weighted by molar-refractivity contribution is 9.10. The Balaban J connectivity index is 1.97. The predicted molar refractivity (Wildman–Crippen MR) is 88.3 cm³/mol. The summed E-state index contributed by atoms with van der Waals surface area (Å²) in [6.45, 7) is 5.27. The summed E-state index contributed by atoms with van der Waals surface area (Å²) in [5.41, 5.74) is 4.03. The molecule has 2 aromatic carbocycles. The first kappa shape index (κ1) is 13.7. The van der Waals surface area contributed by atoms with Crippen molar-refractivity contribution >= 4 is 21.6 Å². The van der Waals surface area contributed by atoms with Crippen LogP contribution in [0.1, 0.15) is 17.2 Å². The van der Waals surface area contributed by atoms with Crippen molar-refractivity contribution < 1.29 is 0 Å². The minimum Gasteiger partial charge on any atom is -0.362 e. The average molecular weight is 331 g/mol. The van der Waals surface area contributed by atoms with Crippen LogP contribution in [-0.2, 0) is 0 Å². The van der Waals surface area contributed by atoms with Crippen LogP contribution in [0.25, 0.3) is 0 Å². The van der Waals surface area contributed by atoms with E-state index >= 15 is 0 Å². The Morgan fingerprint density at radius 2 is 1.95 bits per heavy atom. The fourth-order valence-corrected chi connectivity index (χ4v) is 3.38. The molecule has 3 rings (SSSR count). The highest BCUT2D eigenvalue weighted by Gasteiger charge is 2.24. The molecule has 104 valence electrons. The number of nitrogens with zero attached hydrogens (tertiary/aromatic N) is 1. The number of hydrogen-bond acceptors (Lipinski definition) is 2. The lowest BCUT2D eigenvalue weighted by molar-refractivity contribution is 0.489. The first-order valence-corrected chi connectivity index (χ1v) is 7.83. The SMILES string of the molecule is Cc1cc(Br)ccc1N1CCNCC1c1ccccc1. The molecular weight excluding hydrogens is 312 g/mol. The third-order valence-electron chi connectivity index (χ3n) is 3.90. The van der Waals surface area contributed by atoms with Gasteiger partial charge in [-0.1, -0.05) is 46.3 Å². The Morgan fingerprint density at radius 3 is 2.70 bits per heavy atom. The first-order valence-electron chi connectivity index (χ1n) is 7.04. The molecule has 1 atom stereocenters. The topological polar surface area (TPSA) is 15.3 Å². The summed E-state index contributed by atoms with van der Waals surface area (Å²) in [4.78, 5) is 2.52. The zero-order chi connectivity index (χ0) is 13.9. The Labute approximate surface area is 128 Å². The van der Waals surface area contributed by atoms with Gasteiger partial charge in [-0.05, 0) is 36.2 Å². The summed E-state index contributed by atoms with van der Waals surface area (Å²) in [5.74, 6) is 0. The van der Waals surface area contributed by atoms with E-state index in [-0.39, 0.29) is 0 Å². The molecule has 1 N–H and O–H groups in total. The van der Waals surface area contributed by atoms with Gasteiger partial charge >= 0.3 is 0 Å². The molecule has 0 radical (unpaired) electrons. The van der Waals surface area contributed by atoms with Gasteiger partial charge < -0.3 is 10.2 Å². The van der Waals surface area contributed by atoms with Crippen LogP contribution in [0, 0.1) is 6.92 Å². The molecule has 0 aliphatic carbocycles. The van der Waals surface area contributed by atoms with Gasteiger partial charge in [0.2, 0.25) is 0 Å². The molecule has 1 unspecified atom stereocenters. The molecular formula is C17H19BrN2. The summed E-state index contributed by atoms with van der Waals surface area (Å²) in [5, 5.41) is 3.51. The lowest BCUT2D eigenvalue weighted by atomic mass is 10.0. The van der Waals surface area contributed by atoms with Gasteiger partial charge in [0, 0.05) is 29.8 Å². The van der Waals surface area contributed by atoms with E-state index in [4.69, 9.17) is 0 Å². The molecule has 2 aromatic rings. The maximum atomic E-state index is 3.55. The zero-order valence-electron chi connectivity index (χ0n) is 11.6. The van der Waals surface area contributed by atoms with Gasteiger partial charge in [0.05, 0.1) is 6.04 Å². The average Bonchev–Trinajstić information content (AvgIpc) is 2.48. The largest absolute Gasteiger partial charge is 0.362 e. The van der Waals surface area contributed by atoms with Crippen molar-refractivity contribution in [1.82, 2.24) is 5.32 Å². The van der Waals surface area contributed by atoms with Gasteiger partial charge in [-0.2, -0.15) is 0 Å². The van der Waals surface area contributed by atoms with Crippen molar-refractivity contribution in [3.05, 3.63) is 64.1 Å². The molecule has 20 heavy (non-hydrogen) atoms. The van der Waals surface area contributed by atoms with E-state index < -0.39 is 0 Å². The first-order chi connectivity index (χ1) is 9.75. The third-order valence-corrected chi connectivity index (χ3v) is 4.39. The van der Waals surface area contributed by atoms with Crippen molar-refractivity contribution in [1.29, 1.82) is 0 Å². The van der Waals surface area contributed by atoms with Crippen LogP contribution in [0.2, 0.25) is 0 Å². The molecule has 1 fully saturated rings. The Kier molecular flexibility index (Phi) is 4.08. The molecule has 3 heteroatoms. The second kappa shape index (κ2) is 5.98. The van der Waals surface area contributed by atoms with Gasteiger partial charge in [0.25, 0.3) is 0 Å². The van der Waals surface area contributed by atoms with Crippen LogP contribution in [0.3, 0.4) is 0 Å². The summed E-state index contributed by atoms with van der Waals surface area (Å²) in [6.07, 6.45) is 0. The van der Waals surface area contributed by atoms with E-state index in [1.165, 1.54) is 16.8 Å². The number of nitrogens with one attached hydrogen (secondary N) is 1. The quantitative estimate of drug-likeness (QED) is 0.898. The van der Waals surface area contributed by atoms with E-state index in [0.29, 0.717) is 6.04 Å². The predicted octanol–water partition coefficient (Wildman–Crippen LogP) is 3.91. The number of rotatable bonds is 2. The minimum atomic E-state index is 0.407. The maximum absolute atomic E-state index is 3.55. The van der Waals surface area contributed by atoms with Crippen LogP contribution in [0.15, 0.2) is 53.0 Å².